The predicted molar refractivity (Wildman–Crippen MR) is 128 cm³/mol. The lowest BCUT2D eigenvalue weighted by Gasteiger charge is -2.21. The summed E-state index contributed by atoms with van der Waals surface area (Å²) in [4.78, 5) is 13.2. The Hall–Kier alpha value is -3.31. The van der Waals surface area contributed by atoms with Gasteiger partial charge in [0, 0.05) is 59.0 Å². The summed E-state index contributed by atoms with van der Waals surface area (Å²) in [5.41, 5.74) is 11.0. The molecule has 0 aliphatic heterocycles. The first kappa shape index (κ1) is 26.3. The Morgan fingerprint density at radius 2 is 1.29 bits per heavy atom. The van der Waals surface area contributed by atoms with Crippen molar-refractivity contribution < 1.29 is 30.3 Å². The minimum atomic E-state index is -0.432. The molecule has 0 aromatic carbocycles. The van der Waals surface area contributed by atoms with Crippen LogP contribution in [0.2, 0.25) is 0 Å². The van der Waals surface area contributed by atoms with Crippen LogP contribution in [-0.4, -0.2) is 47.6 Å². The highest BCUT2D eigenvalue weighted by molar-refractivity contribution is 5.52. The molecule has 3 heterocycles. The molecule has 0 atom stereocenters. The Kier molecular flexibility index (Phi) is 8.23. The van der Waals surface area contributed by atoms with Gasteiger partial charge in [-0.1, -0.05) is 0 Å². The van der Waals surface area contributed by atoms with Crippen LogP contribution in [0.4, 0.5) is 0 Å². The molecule has 3 aromatic heterocycles. The number of methoxy groups -OCH3 is 1. The van der Waals surface area contributed by atoms with E-state index in [4.69, 9.17) is 10.5 Å². The van der Waals surface area contributed by atoms with E-state index >= 15 is 0 Å². The molecule has 0 bridgehead atoms. The van der Waals surface area contributed by atoms with Crippen LogP contribution in [0.5, 0.6) is 17.2 Å². The summed E-state index contributed by atoms with van der Waals surface area (Å²) in [6.45, 7) is 4.09. The Labute approximate surface area is 203 Å². The molecule has 0 aliphatic rings. The van der Waals surface area contributed by atoms with Gasteiger partial charge in [0.1, 0.15) is 17.2 Å². The first-order valence-corrected chi connectivity index (χ1v) is 11.2. The molecule has 0 unspecified atom stereocenters. The molecular weight excluding hydrogens is 452 g/mol. The lowest BCUT2D eigenvalue weighted by molar-refractivity contribution is 0.275. The van der Waals surface area contributed by atoms with Crippen LogP contribution in [0.15, 0.2) is 6.20 Å². The van der Waals surface area contributed by atoms with E-state index in [9.17, 15) is 25.5 Å². The minimum Gasteiger partial charge on any atom is -0.506 e. The summed E-state index contributed by atoms with van der Waals surface area (Å²) in [7, 11) is 1.51. The van der Waals surface area contributed by atoms with Gasteiger partial charge in [-0.05, 0) is 20.8 Å². The zero-order valence-electron chi connectivity index (χ0n) is 20.4. The zero-order chi connectivity index (χ0) is 25.9. The molecule has 7 N–H and O–H groups in total. The lowest BCUT2D eigenvalue weighted by atomic mass is 9.92. The van der Waals surface area contributed by atoms with Gasteiger partial charge >= 0.3 is 0 Å². The van der Waals surface area contributed by atoms with E-state index in [2.05, 4.69) is 15.0 Å². The number of hydrogen-bond donors (Lipinski definition) is 6. The van der Waals surface area contributed by atoms with Crippen LogP contribution >= 0.6 is 0 Å². The number of rotatable bonds is 9. The van der Waals surface area contributed by atoms with E-state index < -0.39 is 6.61 Å². The maximum Gasteiger partial charge on any atom is 0.144 e. The van der Waals surface area contributed by atoms with Crippen LogP contribution in [0.1, 0.15) is 61.9 Å². The van der Waals surface area contributed by atoms with Gasteiger partial charge in [-0.15, -0.1) is 0 Å². The molecule has 0 fully saturated rings. The first-order chi connectivity index (χ1) is 16.7. The quantitative estimate of drug-likeness (QED) is 0.260. The molecule has 10 nitrogen and oxygen atoms in total. The number of ether oxygens (including phenoxy) is 1. The van der Waals surface area contributed by atoms with Crippen molar-refractivity contribution in [2.45, 2.75) is 60.0 Å². The number of pyridine rings is 3. The molecule has 3 rings (SSSR count). The number of aliphatic hydroxyl groups excluding tert-OH is 3. The number of aliphatic hydroxyl groups is 3. The summed E-state index contributed by atoms with van der Waals surface area (Å²) >= 11 is 0. The van der Waals surface area contributed by atoms with Gasteiger partial charge in [0.2, 0.25) is 0 Å². The van der Waals surface area contributed by atoms with Crippen LogP contribution in [-0.2, 0) is 39.2 Å². The van der Waals surface area contributed by atoms with Gasteiger partial charge in [0.05, 0.1) is 55.4 Å². The zero-order valence-corrected chi connectivity index (χ0v) is 20.4. The van der Waals surface area contributed by atoms with E-state index in [1.54, 1.807) is 20.8 Å². The van der Waals surface area contributed by atoms with Gasteiger partial charge in [0.25, 0.3) is 0 Å². The smallest absolute Gasteiger partial charge is 0.144 e. The van der Waals surface area contributed by atoms with Crippen molar-refractivity contribution in [2.75, 3.05) is 7.11 Å². The standard InChI is InChI=1S/C25H32N4O6/c1-12-23(33)16(15(9-30)8-27-12)5-21-19(10-31)17(24(34)13(2)28-21)6-22-20(11-32)18(7-26)25(35-4)14(3)29-22/h8,30-34H,5-7,9-11,26H2,1-4H3. The third-order valence-corrected chi connectivity index (χ3v) is 6.28. The summed E-state index contributed by atoms with van der Waals surface area (Å²) in [6, 6.07) is 0. The Bertz CT molecular complexity index is 1250. The minimum absolute atomic E-state index is 0.0582. The number of nitrogens with zero attached hydrogens (tertiary/aromatic N) is 3. The highest BCUT2D eigenvalue weighted by atomic mass is 16.5. The summed E-state index contributed by atoms with van der Waals surface area (Å²) in [5, 5.41) is 51.7. The molecule has 0 aliphatic carbocycles. The van der Waals surface area contributed by atoms with E-state index in [1.807, 2.05) is 0 Å². The van der Waals surface area contributed by atoms with E-state index in [0.29, 0.717) is 67.6 Å². The van der Waals surface area contributed by atoms with Gasteiger partial charge in [-0.2, -0.15) is 0 Å². The van der Waals surface area contributed by atoms with Gasteiger partial charge in [-0.3, -0.25) is 15.0 Å². The number of aromatic hydroxyl groups is 2. The molecule has 0 spiro atoms. The van der Waals surface area contributed by atoms with Gasteiger partial charge in [0.15, 0.2) is 0 Å². The number of hydrogen-bond acceptors (Lipinski definition) is 10. The number of aryl methyl sites for hydroxylation is 3. The number of nitrogens with two attached hydrogens (primary N) is 1. The Morgan fingerprint density at radius 1 is 0.743 bits per heavy atom. The second kappa shape index (κ2) is 11.0. The van der Waals surface area contributed by atoms with Crippen molar-refractivity contribution >= 4 is 0 Å². The molecule has 0 saturated heterocycles. The monoisotopic (exact) mass is 484 g/mol. The van der Waals surface area contributed by atoms with Crippen molar-refractivity contribution in [2.24, 2.45) is 5.73 Å². The molecule has 0 radical (unpaired) electrons. The highest BCUT2D eigenvalue weighted by Gasteiger charge is 2.24. The highest BCUT2D eigenvalue weighted by Crippen LogP contribution is 2.35. The van der Waals surface area contributed by atoms with Crippen molar-refractivity contribution in [3.63, 3.8) is 0 Å². The van der Waals surface area contributed by atoms with Crippen molar-refractivity contribution in [3.05, 3.63) is 68.0 Å². The van der Waals surface area contributed by atoms with Gasteiger partial charge in [-0.25, -0.2) is 0 Å². The fourth-order valence-electron chi connectivity index (χ4n) is 4.40. The van der Waals surface area contributed by atoms with E-state index in [-0.39, 0.29) is 44.1 Å². The van der Waals surface area contributed by atoms with Crippen LogP contribution < -0.4 is 10.5 Å². The largest absolute Gasteiger partial charge is 0.506 e. The fourth-order valence-corrected chi connectivity index (χ4v) is 4.40. The van der Waals surface area contributed by atoms with E-state index in [1.165, 1.54) is 13.3 Å². The van der Waals surface area contributed by atoms with E-state index in [0.717, 1.165) is 0 Å². The third-order valence-electron chi connectivity index (χ3n) is 6.28. The molecule has 188 valence electrons. The second-order valence-electron chi connectivity index (χ2n) is 8.31. The summed E-state index contributed by atoms with van der Waals surface area (Å²) in [5.74, 6) is 0.347. The Morgan fingerprint density at radius 3 is 1.83 bits per heavy atom. The SMILES string of the molecule is COc1c(C)nc(Cc2c(O)c(C)nc(Cc3c(CO)cnc(C)c3O)c2CO)c(CO)c1CN. The maximum atomic E-state index is 10.9. The predicted octanol–water partition coefficient (Wildman–Crippen LogP) is 1.33. The normalized spacial score (nSPS) is 11.2. The topological polar surface area (TPSA) is 175 Å². The molecule has 10 heteroatoms. The third kappa shape index (κ3) is 4.92. The van der Waals surface area contributed by atoms with Crippen molar-refractivity contribution in [3.8, 4) is 17.2 Å². The van der Waals surface area contributed by atoms with Crippen LogP contribution in [0.25, 0.3) is 0 Å². The van der Waals surface area contributed by atoms with Crippen molar-refractivity contribution in [1.82, 2.24) is 15.0 Å². The lowest BCUT2D eigenvalue weighted by Crippen LogP contribution is -2.14. The summed E-state index contributed by atoms with van der Waals surface area (Å²) in [6.07, 6.45) is 1.69. The average Bonchev–Trinajstić information content (AvgIpc) is 2.84. The van der Waals surface area contributed by atoms with Crippen LogP contribution in [0.3, 0.4) is 0 Å². The average molecular weight is 485 g/mol. The second-order valence-corrected chi connectivity index (χ2v) is 8.31. The maximum absolute atomic E-state index is 10.9. The fraction of sp³-hybridized carbons (Fsp3) is 0.400. The Balaban J connectivity index is 2.20. The van der Waals surface area contributed by atoms with Crippen LogP contribution in [0, 0.1) is 20.8 Å². The number of aromatic nitrogens is 3. The van der Waals surface area contributed by atoms with Gasteiger partial charge < -0.3 is 36.0 Å². The molecule has 0 amide bonds. The molecule has 3 aromatic rings. The molecular formula is C25H32N4O6. The summed E-state index contributed by atoms with van der Waals surface area (Å²) < 4.78 is 5.43. The van der Waals surface area contributed by atoms with Crippen molar-refractivity contribution in [1.29, 1.82) is 0 Å². The molecule has 35 heavy (non-hydrogen) atoms. The first-order valence-electron chi connectivity index (χ1n) is 11.2. The molecule has 0 saturated carbocycles.